The van der Waals surface area contributed by atoms with Crippen LogP contribution < -0.4 is 11.3 Å². The number of nitrogens with zero attached hydrogens (tertiary/aromatic N) is 1. The molecule has 0 aliphatic rings. The molecule has 0 spiro atoms. The Bertz CT molecular complexity index is 992. The molecule has 23 heavy (non-hydrogen) atoms. The number of hydrogen-bond donors (Lipinski definition) is 0. The number of benzene rings is 2. The van der Waals surface area contributed by atoms with Gasteiger partial charge in [-0.3, -0.25) is 4.79 Å². The molecule has 0 saturated carbocycles. The Hall–Kier alpha value is -2.33. The molecule has 4 nitrogen and oxygen atoms in total. The fraction of sp³-hybridized carbons (Fsp3) is 0.222. The maximum absolute atomic E-state index is 12.6. The summed E-state index contributed by atoms with van der Waals surface area (Å²) >= 11 is 5.93. The minimum Gasteiger partial charge on any atom is -0.409 e. The van der Waals surface area contributed by atoms with Crippen LogP contribution in [0.3, 0.4) is 0 Å². The summed E-state index contributed by atoms with van der Waals surface area (Å²) in [6.45, 7) is 6.29. The monoisotopic (exact) mass is 329 g/mol. The summed E-state index contributed by atoms with van der Waals surface area (Å²) in [5, 5.41) is 0.690. The number of aromatic nitrogens is 1. The van der Waals surface area contributed by atoms with Gasteiger partial charge in [0.25, 0.3) is 5.56 Å². The zero-order chi connectivity index (χ0) is 16.8. The van der Waals surface area contributed by atoms with Gasteiger partial charge in [-0.1, -0.05) is 44.5 Å². The van der Waals surface area contributed by atoms with E-state index in [1.165, 1.54) is 12.1 Å². The van der Waals surface area contributed by atoms with Crippen LogP contribution in [0.2, 0.25) is 5.02 Å². The van der Waals surface area contributed by atoms with Gasteiger partial charge in [0.1, 0.15) is 5.58 Å². The third-order valence-corrected chi connectivity index (χ3v) is 3.98. The van der Waals surface area contributed by atoms with Crippen molar-refractivity contribution in [2.24, 2.45) is 0 Å². The summed E-state index contributed by atoms with van der Waals surface area (Å²) in [7, 11) is 0. The average molecular weight is 330 g/mol. The SMILES string of the molecule is CC(C)(C)c1ccc(-n2c(=O)oc3ccc(Cl)cc3c2=O)cc1. The van der Waals surface area contributed by atoms with Crippen molar-refractivity contribution in [3.05, 3.63) is 74.0 Å². The smallest absolute Gasteiger partial charge is 0.409 e. The fourth-order valence-electron chi connectivity index (χ4n) is 2.43. The van der Waals surface area contributed by atoms with Gasteiger partial charge in [-0.25, -0.2) is 9.36 Å². The highest BCUT2D eigenvalue weighted by molar-refractivity contribution is 6.31. The highest BCUT2D eigenvalue weighted by Gasteiger charge is 2.15. The second-order valence-corrected chi connectivity index (χ2v) is 6.88. The van der Waals surface area contributed by atoms with Gasteiger partial charge in [0, 0.05) is 5.02 Å². The maximum Gasteiger partial charge on any atom is 0.426 e. The molecule has 0 bridgehead atoms. The quantitative estimate of drug-likeness (QED) is 0.680. The first-order chi connectivity index (χ1) is 10.8. The van der Waals surface area contributed by atoms with E-state index in [-0.39, 0.29) is 16.4 Å². The van der Waals surface area contributed by atoms with Gasteiger partial charge < -0.3 is 4.42 Å². The number of fused-ring (bicyclic) bond motifs is 1. The summed E-state index contributed by atoms with van der Waals surface area (Å²) in [6, 6.07) is 11.9. The highest BCUT2D eigenvalue weighted by Crippen LogP contribution is 2.23. The Kier molecular flexibility index (Phi) is 3.65. The molecule has 0 aliphatic heterocycles. The van der Waals surface area contributed by atoms with Crippen LogP contribution in [-0.2, 0) is 5.41 Å². The molecule has 5 heteroatoms. The first kappa shape index (κ1) is 15.6. The molecular formula is C18H16ClNO3. The van der Waals surface area contributed by atoms with Crippen LogP contribution in [0.15, 0.2) is 56.5 Å². The second kappa shape index (κ2) is 5.39. The van der Waals surface area contributed by atoms with Crippen LogP contribution in [0.5, 0.6) is 0 Å². The van der Waals surface area contributed by atoms with Crippen molar-refractivity contribution < 1.29 is 4.42 Å². The van der Waals surface area contributed by atoms with E-state index in [1.54, 1.807) is 18.2 Å². The van der Waals surface area contributed by atoms with Gasteiger partial charge in [0.05, 0.1) is 11.1 Å². The zero-order valence-electron chi connectivity index (χ0n) is 13.1. The van der Waals surface area contributed by atoms with Gasteiger partial charge >= 0.3 is 5.76 Å². The molecule has 0 fully saturated rings. The zero-order valence-corrected chi connectivity index (χ0v) is 13.8. The first-order valence-electron chi connectivity index (χ1n) is 7.24. The second-order valence-electron chi connectivity index (χ2n) is 6.45. The standard InChI is InChI=1S/C18H16ClNO3/c1-18(2,3)11-4-7-13(8-5-11)20-16(21)14-10-12(19)6-9-15(14)23-17(20)22/h4-10H,1-3H3. The lowest BCUT2D eigenvalue weighted by molar-refractivity contribution is 0.504. The molecule has 0 amide bonds. The topological polar surface area (TPSA) is 52.2 Å². The Balaban J connectivity index is 2.24. The predicted octanol–water partition coefficient (Wildman–Crippen LogP) is 3.89. The average Bonchev–Trinajstić information content (AvgIpc) is 2.48. The molecular weight excluding hydrogens is 314 g/mol. The summed E-state index contributed by atoms with van der Waals surface area (Å²) < 4.78 is 6.25. The summed E-state index contributed by atoms with van der Waals surface area (Å²) in [6.07, 6.45) is 0. The summed E-state index contributed by atoms with van der Waals surface area (Å²) in [5.74, 6) is -0.715. The Morgan fingerprint density at radius 2 is 1.65 bits per heavy atom. The molecule has 0 saturated heterocycles. The maximum atomic E-state index is 12.6. The van der Waals surface area contributed by atoms with Crippen molar-refractivity contribution in [3.63, 3.8) is 0 Å². The van der Waals surface area contributed by atoms with Crippen LogP contribution >= 0.6 is 11.6 Å². The van der Waals surface area contributed by atoms with E-state index in [0.717, 1.165) is 10.1 Å². The largest absolute Gasteiger partial charge is 0.426 e. The lowest BCUT2D eigenvalue weighted by Crippen LogP contribution is -2.31. The molecule has 2 aromatic carbocycles. The minimum absolute atomic E-state index is 0.00886. The fourth-order valence-corrected chi connectivity index (χ4v) is 2.61. The third kappa shape index (κ3) is 2.82. The predicted molar refractivity (Wildman–Crippen MR) is 91.8 cm³/mol. The van der Waals surface area contributed by atoms with Crippen molar-refractivity contribution >= 4 is 22.6 Å². The summed E-state index contributed by atoms with van der Waals surface area (Å²) in [4.78, 5) is 24.8. The van der Waals surface area contributed by atoms with E-state index < -0.39 is 11.3 Å². The lowest BCUT2D eigenvalue weighted by Gasteiger charge is -2.19. The van der Waals surface area contributed by atoms with Gasteiger partial charge in [-0.2, -0.15) is 0 Å². The molecule has 3 aromatic rings. The van der Waals surface area contributed by atoms with Crippen LogP contribution in [0.1, 0.15) is 26.3 Å². The molecule has 0 aliphatic carbocycles. The van der Waals surface area contributed by atoms with E-state index in [0.29, 0.717) is 10.7 Å². The van der Waals surface area contributed by atoms with Crippen LogP contribution in [0.25, 0.3) is 16.7 Å². The van der Waals surface area contributed by atoms with Gasteiger partial charge in [0.2, 0.25) is 0 Å². The van der Waals surface area contributed by atoms with Crippen LogP contribution in [-0.4, -0.2) is 4.57 Å². The highest BCUT2D eigenvalue weighted by atomic mass is 35.5. The Morgan fingerprint density at radius 1 is 1.00 bits per heavy atom. The van der Waals surface area contributed by atoms with Crippen molar-refractivity contribution in [1.29, 1.82) is 0 Å². The van der Waals surface area contributed by atoms with E-state index in [2.05, 4.69) is 20.8 Å². The molecule has 0 atom stereocenters. The molecule has 118 valence electrons. The molecule has 1 heterocycles. The van der Waals surface area contributed by atoms with Crippen LogP contribution in [0, 0.1) is 0 Å². The lowest BCUT2D eigenvalue weighted by atomic mass is 9.87. The van der Waals surface area contributed by atoms with Gasteiger partial charge in [0.15, 0.2) is 0 Å². The first-order valence-corrected chi connectivity index (χ1v) is 7.61. The van der Waals surface area contributed by atoms with Crippen molar-refractivity contribution in [3.8, 4) is 5.69 Å². The Labute approximate surface area is 137 Å². The van der Waals surface area contributed by atoms with Gasteiger partial charge in [-0.05, 0) is 41.3 Å². The van der Waals surface area contributed by atoms with Crippen molar-refractivity contribution in [1.82, 2.24) is 4.57 Å². The molecule has 0 unspecified atom stereocenters. The third-order valence-electron chi connectivity index (χ3n) is 3.75. The van der Waals surface area contributed by atoms with E-state index >= 15 is 0 Å². The van der Waals surface area contributed by atoms with E-state index in [9.17, 15) is 9.59 Å². The minimum atomic E-state index is -0.715. The number of halogens is 1. The van der Waals surface area contributed by atoms with Crippen LogP contribution in [0.4, 0.5) is 0 Å². The van der Waals surface area contributed by atoms with Gasteiger partial charge in [-0.15, -0.1) is 0 Å². The molecule has 0 radical (unpaired) electrons. The molecule has 0 N–H and O–H groups in total. The normalized spacial score (nSPS) is 11.8. The molecule has 1 aromatic heterocycles. The Morgan fingerprint density at radius 3 is 2.26 bits per heavy atom. The summed E-state index contributed by atoms with van der Waals surface area (Å²) in [5.41, 5.74) is 1.36. The number of rotatable bonds is 1. The molecule has 3 rings (SSSR count). The van der Waals surface area contributed by atoms with E-state index in [1.807, 2.05) is 12.1 Å². The van der Waals surface area contributed by atoms with E-state index in [4.69, 9.17) is 16.0 Å². The van der Waals surface area contributed by atoms with Crippen molar-refractivity contribution in [2.45, 2.75) is 26.2 Å². The number of hydrogen-bond acceptors (Lipinski definition) is 3. The van der Waals surface area contributed by atoms with Crippen molar-refractivity contribution in [2.75, 3.05) is 0 Å².